The number of aliphatic carboxylic acids is 2. The predicted molar refractivity (Wildman–Crippen MR) is 27.4 cm³/mol. The topological polar surface area (TPSA) is 80.3 Å². The molecule has 0 aromatic rings. The smallest absolute Gasteiger partial charge is 0.549 e. The van der Waals surface area contributed by atoms with Gasteiger partial charge < -0.3 is 19.8 Å². The molecule has 0 aromatic carbocycles. The van der Waals surface area contributed by atoms with Crippen molar-refractivity contribution in [3.05, 3.63) is 0 Å². The summed E-state index contributed by atoms with van der Waals surface area (Å²) in [6, 6.07) is 0. The second-order valence-electron chi connectivity index (χ2n) is 2.16. The van der Waals surface area contributed by atoms with Gasteiger partial charge in [-0.2, -0.15) is 0 Å². The summed E-state index contributed by atoms with van der Waals surface area (Å²) in [6.07, 6.45) is 0.301. The van der Waals surface area contributed by atoms with E-state index in [1.807, 2.05) is 0 Å². The average Bonchev–Trinajstić information content (AvgIpc) is 2.40. The van der Waals surface area contributed by atoms with Crippen LogP contribution in [-0.2, 0) is 9.59 Å². The summed E-state index contributed by atoms with van der Waals surface area (Å²) in [7, 11) is 0. The summed E-state index contributed by atoms with van der Waals surface area (Å²) in [5.41, 5.74) is -1.64. The Hall–Kier alpha value is 0.421. The molecule has 0 spiro atoms. The maximum atomic E-state index is 9.99. The Morgan fingerprint density at radius 2 is 1.40 bits per heavy atom. The summed E-state index contributed by atoms with van der Waals surface area (Å²) in [5.74, 6) is -3.05. The van der Waals surface area contributed by atoms with Crippen molar-refractivity contribution in [3.63, 3.8) is 0 Å². The Morgan fingerprint density at radius 1 is 1.10 bits per heavy atom. The molecule has 50 valence electrons. The number of hydrogen-bond acceptors (Lipinski definition) is 4. The number of carboxylic acid groups (broad SMARTS) is 2. The molecule has 1 aliphatic carbocycles. The molecule has 10 heavy (non-hydrogen) atoms. The van der Waals surface area contributed by atoms with Crippen molar-refractivity contribution in [2.45, 2.75) is 12.8 Å². The predicted octanol–water partition coefficient (Wildman–Crippen LogP) is -3.11. The van der Waals surface area contributed by atoms with Gasteiger partial charge in [-0.25, -0.2) is 0 Å². The van der Waals surface area contributed by atoms with E-state index in [1.165, 1.54) is 0 Å². The largest absolute Gasteiger partial charge is 2.00 e. The van der Waals surface area contributed by atoms with Crippen LogP contribution in [0.25, 0.3) is 0 Å². The Balaban J connectivity index is 0.000000810. The van der Waals surface area contributed by atoms with Crippen LogP contribution >= 0.6 is 0 Å². The SMILES string of the molecule is O=C([O-])C1(C(=O)[O-])CC1.[Sr+2]. The van der Waals surface area contributed by atoms with E-state index >= 15 is 0 Å². The number of rotatable bonds is 2. The summed E-state index contributed by atoms with van der Waals surface area (Å²) in [4.78, 5) is 20.0. The third kappa shape index (κ3) is 1.53. The number of hydrogen-bond donors (Lipinski definition) is 0. The molecule has 1 saturated carbocycles. The molecule has 0 N–H and O–H groups in total. The van der Waals surface area contributed by atoms with Gasteiger partial charge in [-0.1, -0.05) is 0 Å². The van der Waals surface area contributed by atoms with Crippen LogP contribution < -0.4 is 10.2 Å². The van der Waals surface area contributed by atoms with Gasteiger partial charge in [0.15, 0.2) is 0 Å². The molecule has 1 rings (SSSR count). The first-order valence-electron chi connectivity index (χ1n) is 2.52. The van der Waals surface area contributed by atoms with Gasteiger partial charge in [0, 0.05) is 5.41 Å². The van der Waals surface area contributed by atoms with E-state index in [2.05, 4.69) is 0 Å². The van der Waals surface area contributed by atoms with E-state index < -0.39 is 17.4 Å². The summed E-state index contributed by atoms with van der Waals surface area (Å²) >= 11 is 0. The average molecular weight is 216 g/mol. The van der Waals surface area contributed by atoms with E-state index in [-0.39, 0.29) is 58.3 Å². The van der Waals surface area contributed by atoms with Gasteiger partial charge in [0.2, 0.25) is 0 Å². The van der Waals surface area contributed by atoms with Crippen LogP contribution in [0.1, 0.15) is 12.8 Å². The maximum Gasteiger partial charge on any atom is 2.00 e. The molecule has 4 nitrogen and oxygen atoms in total. The van der Waals surface area contributed by atoms with E-state index in [1.54, 1.807) is 0 Å². The van der Waals surface area contributed by atoms with Crippen molar-refractivity contribution in [1.29, 1.82) is 0 Å². The second-order valence-corrected chi connectivity index (χ2v) is 2.16. The molecule has 0 aliphatic heterocycles. The molecule has 0 radical (unpaired) electrons. The van der Waals surface area contributed by atoms with Crippen molar-refractivity contribution >= 4 is 57.4 Å². The molecule has 0 bridgehead atoms. The van der Waals surface area contributed by atoms with Crippen LogP contribution in [0.5, 0.6) is 0 Å². The quantitative estimate of drug-likeness (QED) is 0.361. The second kappa shape index (κ2) is 3.21. The van der Waals surface area contributed by atoms with Crippen molar-refractivity contribution in [3.8, 4) is 0 Å². The van der Waals surface area contributed by atoms with Gasteiger partial charge in [-0.3, -0.25) is 0 Å². The zero-order valence-electron chi connectivity index (χ0n) is 5.25. The Bertz CT molecular complexity index is 156. The number of carbonyl (C=O) groups excluding carboxylic acids is 2. The first kappa shape index (κ1) is 10.4. The zero-order valence-corrected chi connectivity index (χ0v) is 8.73. The summed E-state index contributed by atoms with van der Waals surface area (Å²) < 4.78 is 0. The van der Waals surface area contributed by atoms with E-state index in [0.717, 1.165) is 0 Å². The molecular formula is C5H4O4Sr. The fourth-order valence-corrected chi connectivity index (χ4v) is 0.617. The molecule has 0 saturated heterocycles. The monoisotopic (exact) mass is 216 g/mol. The van der Waals surface area contributed by atoms with Gasteiger partial charge in [0.25, 0.3) is 0 Å². The van der Waals surface area contributed by atoms with E-state index in [9.17, 15) is 19.8 Å². The first-order valence-corrected chi connectivity index (χ1v) is 2.52. The van der Waals surface area contributed by atoms with E-state index in [0.29, 0.717) is 0 Å². The van der Waals surface area contributed by atoms with Gasteiger partial charge in [0.1, 0.15) is 0 Å². The Kier molecular flexibility index (Phi) is 3.35. The number of carboxylic acids is 2. The minimum Gasteiger partial charge on any atom is -0.549 e. The van der Waals surface area contributed by atoms with Crippen molar-refractivity contribution < 1.29 is 19.8 Å². The molecule has 0 unspecified atom stereocenters. The van der Waals surface area contributed by atoms with Gasteiger partial charge in [-0.05, 0) is 12.8 Å². The summed E-state index contributed by atoms with van der Waals surface area (Å²) in [5, 5.41) is 20.0. The molecule has 1 fully saturated rings. The van der Waals surface area contributed by atoms with Crippen LogP contribution in [-0.4, -0.2) is 57.4 Å². The maximum absolute atomic E-state index is 9.99. The van der Waals surface area contributed by atoms with Crippen LogP contribution in [0, 0.1) is 5.41 Å². The third-order valence-electron chi connectivity index (χ3n) is 1.53. The molecule has 0 aromatic heterocycles. The van der Waals surface area contributed by atoms with Crippen molar-refractivity contribution in [2.24, 2.45) is 5.41 Å². The first-order chi connectivity index (χ1) is 4.09. The molecule has 0 heterocycles. The van der Waals surface area contributed by atoms with Crippen molar-refractivity contribution in [1.82, 2.24) is 0 Å². The third-order valence-corrected chi connectivity index (χ3v) is 1.53. The van der Waals surface area contributed by atoms with Crippen molar-refractivity contribution in [2.75, 3.05) is 0 Å². The molecule has 5 heteroatoms. The normalized spacial score (nSPS) is 18.8. The molecule has 0 amide bonds. The molecule has 1 aliphatic rings. The Morgan fingerprint density at radius 3 is 1.40 bits per heavy atom. The van der Waals surface area contributed by atoms with Crippen LogP contribution in [0.15, 0.2) is 0 Å². The fraction of sp³-hybridized carbons (Fsp3) is 0.600. The Labute approximate surface area is 94.5 Å². The van der Waals surface area contributed by atoms with Gasteiger partial charge in [-0.15, -0.1) is 0 Å². The zero-order chi connectivity index (χ0) is 7.07. The molecular weight excluding hydrogens is 212 g/mol. The minimum atomic E-state index is -1.64. The van der Waals surface area contributed by atoms with Gasteiger partial charge >= 0.3 is 45.5 Å². The van der Waals surface area contributed by atoms with Gasteiger partial charge in [0.05, 0.1) is 11.9 Å². The fourth-order valence-electron chi connectivity index (χ4n) is 0.617. The number of carbonyl (C=O) groups is 2. The van der Waals surface area contributed by atoms with Crippen LogP contribution in [0.3, 0.4) is 0 Å². The summed E-state index contributed by atoms with van der Waals surface area (Å²) in [6.45, 7) is 0. The standard InChI is InChI=1S/C5H6O4.Sr/c6-3(7)5(1-2-5)4(8)9;/h1-2H2,(H,6,7)(H,8,9);/q;+2/p-2. The molecule has 0 atom stereocenters. The minimum absolute atomic E-state index is 0. The van der Waals surface area contributed by atoms with Crippen LogP contribution in [0.2, 0.25) is 0 Å². The van der Waals surface area contributed by atoms with E-state index in [4.69, 9.17) is 0 Å². The van der Waals surface area contributed by atoms with Crippen LogP contribution in [0.4, 0.5) is 0 Å².